The van der Waals surface area contributed by atoms with Crippen molar-refractivity contribution in [2.45, 2.75) is 38.6 Å². The van der Waals surface area contributed by atoms with Gasteiger partial charge in [-0.25, -0.2) is 4.79 Å². The molecule has 0 aliphatic carbocycles. The molecule has 2 amide bonds. The largest absolute Gasteiger partial charge is 0.396 e. The highest BCUT2D eigenvalue weighted by atomic mass is 32.1. The molecule has 18 heavy (non-hydrogen) atoms. The normalized spacial score (nSPS) is 19.9. The Balaban J connectivity index is 1.97. The van der Waals surface area contributed by atoms with Gasteiger partial charge >= 0.3 is 6.03 Å². The van der Waals surface area contributed by atoms with Gasteiger partial charge in [-0.2, -0.15) is 0 Å². The van der Waals surface area contributed by atoms with Crippen molar-refractivity contribution >= 4 is 22.5 Å². The Hall–Kier alpha value is -1.21. The zero-order valence-electron chi connectivity index (χ0n) is 10.4. The average molecular weight is 270 g/mol. The molecule has 1 atom stereocenters. The summed E-state index contributed by atoms with van der Waals surface area (Å²) in [6, 6.07) is 0.00192. The van der Waals surface area contributed by atoms with Crippen LogP contribution in [0.25, 0.3) is 0 Å². The molecule has 0 aromatic carbocycles. The van der Waals surface area contributed by atoms with Gasteiger partial charge in [-0.15, -0.1) is 10.2 Å². The lowest BCUT2D eigenvalue weighted by molar-refractivity contribution is 0.141. The molecule has 0 bridgehead atoms. The number of aliphatic hydroxyl groups is 1. The summed E-state index contributed by atoms with van der Waals surface area (Å²) in [5.74, 6) is 0. The third-order valence-electron chi connectivity index (χ3n) is 3.09. The monoisotopic (exact) mass is 270 g/mol. The first kappa shape index (κ1) is 13.2. The van der Waals surface area contributed by atoms with Gasteiger partial charge in [-0.1, -0.05) is 11.3 Å². The fourth-order valence-corrected chi connectivity index (χ4v) is 2.81. The van der Waals surface area contributed by atoms with Crippen molar-refractivity contribution in [3.8, 4) is 0 Å². The van der Waals surface area contributed by atoms with Crippen molar-refractivity contribution in [3.63, 3.8) is 0 Å². The molecule has 0 spiro atoms. The molecule has 1 fully saturated rings. The first-order chi connectivity index (χ1) is 8.70. The van der Waals surface area contributed by atoms with Gasteiger partial charge in [-0.05, 0) is 32.6 Å². The number of rotatable bonds is 3. The summed E-state index contributed by atoms with van der Waals surface area (Å²) >= 11 is 1.36. The van der Waals surface area contributed by atoms with Crippen LogP contribution in [0, 0.1) is 6.92 Å². The van der Waals surface area contributed by atoms with Crippen molar-refractivity contribution in [3.05, 3.63) is 5.01 Å². The maximum absolute atomic E-state index is 12.1. The minimum atomic E-state index is -0.135. The summed E-state index contributed by atoms with van der Waals surface area (Å²) < 4.78 is 0. The maximum atomic E-state index is 12.1. The highest BCUT2D eigenvalue weighted by molar-refractivity contribution is 7.15. The summed E-state index contributed by atoms with van der Waals surface area (Å²) in [7, 11) is 0. The second-order valence-corrected chi connectivity index (χ2v) is 5.59. The number of nitrogens with one attached hydrogen (secondary N) is 1. The predicted molar refractivity (Wildman–Crippen MR) is 69.7 cm³/mol. The fourth-order valence-electron chi connectivity index (χ4n) is 2.23. The van der Waals surface area contributed by atoms with Crippen LogP contribution >= 0.6 is 11.3 Å². The second-order valence-electron chi connectivity index (χ2n) is 4.41. The third-order valence-corrected chi connectivity index (χ3v) is 3.84. The number of aryl methyl sites for hydroxylation is 1. The number of anilines is 1. The van der Waals surface area contributed by atoms with E-state index in [0.717, 1.165) is 30.8 Å². The Kier molecular flexibility index (Phi) is 4.48. The zero-order chi connectivity index (χ0) is 13.0. The lowest BCUT2D eigenvalue weighted by Gasteiger charge is -2.35. The molecule has 0 saturated carbocycles. The van der Waals surface area contributed by atoms with Crippen molar-refractivity contribution in [2.75, 3.05) is 18.5 Å². The predicted octanol–water partition coefficient (Wildman–Crippen LogP) is 1.62. The lowest BCUT2D eigenvalue weighted by Crippen LogP contribution is -2.46. The zero-order valence-corrected chi connectivity index (χ0v) is 11.2. The number of hydrogen-bond donors (Lipinski definition) is 2. The molecule has 0 radical (unpaired) electrons. The Morgan fingerprint density at radius 2 is 2.39 bits per heavy atom. The van der Waals surface area contributed by atoms with Crippen LogP contribution in [0.1, 0.15) is 30.7 Å². The van der Waals surface area contributed by atoms with E-state index in [-0.39, 0.29) is 18.7 Å². The van der Waals surface area contributed by atoms with Crippen LogP contribution in [0.3, 0.4) is 0 Å². The Morgan fingerprint density at radius 3 is 3.06 bits per heavy atom. The molecule has 2 heterocycles. The number of piperidine rings is 1. The number of nitrogens with zero attached hydrogens (tertiary/aromatic N) is 3. The molecule has 1 aromatic heterocycles. The third kappa shape index (κ3) is 3.17. The van der Waals surface area contributed by atoms with E-state index < -0.39 is 0 Å². The molecule has 6 nitrogen and oxygen atoms in total. The van der Waals surface area contributed by atoms with E-state index >= 15 is 0 Å². The van der Waals surface area contributed by atoms with E-state index in [1.165, 1.54) is 11.3 Å². The molecule has 1 aliphatic rings. The standard InChI is InChI=1S/C11H18N4O2S/c1-8-13-14-10(18-8)12-11(17)15-6-3-2-4-9(15)5-7-16/h9,16H,2-7H2,1H3,(H,12,14,17)/t9-/m0/s1. The number of likely N-dealkylation sites (tertiary alicyclic amines) is 1. The SMILES string of the molecule is Cc1nnc(NC(=O)N2CCCC[C@H]2CCO)s1. The van der Waals surface area contributed by atoms with Crippen molar-refractivity contribution in [1.82, 2.24) is 15.1 Å². The van der Waals surface area contributed by atoms with Crippen LogP contribution in [-0.4, -0.2) is 45.4 Å². The fraction of sp³-hybridized carbons (Fsp3) is 0.727. The van der Waals surface area contributed by atoms with Crippen molar-refractivity contribution < 1.29 is 9.90 Å². The maximum Gasteiger partial charge on any atom is 0.323 e. The van der Waals surface area contributed by atoms with E-state index in [0.29, 0.717) is 11.6 Å². The molecule has 1 aliphatic heterocycles. The topological polar surface area (TPSA) is 78.4 Å². The van der Waals surface area contributed by atoms with Crippen LogP contribution in [0.15, 0.2) is 0 Å². The molecule has 2 rings (SSSR count). The second kappa shape index (κ2) is 6.10. The summed E-state index contributed by atoms with van der Waals surface area (Å²) in [4.78, 5) is 13.9. The summed E-state index contributed by atoms with van der Waals surface area (Å²) in [5, 5.41) is 20.9. The quantitative estimate of drug-likeness (QED) is 0.874. The smallest absolute Gasteiger partial charge is 0.323 e. The minimum absolute atomic E-state index is 0.117. The van der Waals surface area contributed by atoms with Crippen LogP contribution in [0.2, 0.25) is 0 Å². The summed E-state index contributed by atoms with van der Waals surface area (Å²) in [6.07, 6.45) is 3.74. The van der Waals surface area contributed by atoms with Crippen LogP contribution < -0.4 is 5.32 Å². The first-order valence-corrected chi connectivity index (χ1v) is 7.01. The number of aromatic nitrogens is 2. The Labute approximate surface area is 110 Å². The van der Waals surface area contributed by atoms with Crippen molar-refractivity contribution in [1.29, 1.82) is 0 Å². The van der Waals surface area contributed by atoms with Crippen molar-refractivity contribution in [2.24, 2.45) is 0 Å². The summed E-state index contributed by atoms with van der Waals surface area (Å²) in [5.41, 5.74) is 0. The highest BCUT2D eigenvalue weighted by Gasteiger charge is 2.26. The van der Waals surface area contributed by atoms with E-state index in [4.69, 9.17) is 5.11 Å². The lowest BCUT2D eigenvalue weighted by atomic mass is 10.0. The Morgan fingerprint density at radius 1 is 1.56 bits per heavy atom. The van der Waals surface area contributed by atoms with Crippen LogP contribution in [-0.2, 0) is 0 Å². The number of carbonyl (C=O) groups excluding carboxylic acids is 1. The molecule has 1 saturated heterocycles. The van der Waals surface area contributed by atoms with Gasteiger partial charge < -0.3 is 10.0 Å². The van der Waals surface area contributed by atoms with Crippen LogP contribution in [0.4, 0.5) is 9.93 Å². The molecule has 0 unspecified atom stereocenters. The number of hydrogen-bond acceptors (Lipinski definition) is 5. The molecule has 2 N–H and O–H groups in total. The van der Waals surface area contributed by atoms with Gasteiger partial charge in [0.25, 0.3) is 0 Å². The average Bonchev–Trinajstić information content (AvgIpc) is 2.76. The van der Waals surface area contributed by atoms with E-state index in [2.05, 4.69) is 15.5 Å². The number of amides is 2. The van der Waals surface area contributed by atoms with Gasteiger partial charge in [0.2, 0.25) is 5.13 Å². The first-order valence-electron chi connectivity index (χ1n) is 6.19. The molecular weight excluding hydrogens is 252 g/mol. The van der Waals surface area contributed by atoms with Crippen LogP contribution in [0.5, 0.6) is 0 Å². The Bertz CT molecular complexity index is 408. The van der Waals surface area contributed by atoms with E-state index in [1.807, 2.05) is 6.92 Å². The highest BCUT2D eigenvalue weighted by Crippen LogP contribution is 2.21. The molecule has 100 valence electrons. The van der Waals surface area contributed by atoms with Gasteiger partial charge in [0, 0.05) is 19.2 Å². The minimum Gasteiger partial charge on any atom is -0.396 e. The molecular formula is C11H18N4O2S. The van der Waals surface area contributed by atoms with Gasteiger partial charge in [0.05, 0.1) is 0 Å². The number of urea groups is 1. The van der Waals surface area contributed by atoms with E-state index in [1.54, 1.807) is 4.90 Å². The van der Waals surface area contributed by atoms with Gasteiger partial charge in [0.15, 0.2) is 0 Å². The molecule has 7 heteroatoms. The van der Waals surface area contributed by atoms with Gasteiger partial charge in [-0.3, -0.25) is 5.32 Å². The number of carbonyl (C=O) groups is 1. The summed E-state index contributed by atoms with van der Waals surface area (Å²) in [6.45, 7) is 2.71. The number of aliphatic hydroxyl groups excluding tert-OH is 1. The van der Waals surface area contributed by atoms with E-state index in [9.17, 15) is 4.79 Å². The molecule has 1 aromatic rings. The van der Waals surface area contributed by atoms with Gasteiger partial charge in [0.1, 0.15) is 5.01 Å².